The van der Waals surface area contributed by atoms with Crippen molar-refractivity contribution in [3.63, 3.8) is 0 Å². The Bertz CT molecular complexity index is 500. The number of ketones is 1. The number of piperazine rings is 1. The van der Waals surface area contributed by atoms with Gasteiger partial charge in [0.1, 0.15) is 5.78 Å². The van der Waals surface area contributed by atoms with E-state index in [1.807, 2.05) is 6.92 Å². The fourth-order valence-corrected chi connectivity index (χ4v) is 5.20. The molecule has 1 saturated carbocycles. The lowest BCUT2D eigenvalue weighted by Gasteiger charge is -2.38. The van der Waals surface area contributed by atoms with Crippen molar-refractivity contribution in [2.75, 3.05) is 52.4 Å². The van der Waals surface area contributed by atoms with Crippen molar-refractivity contribution in [3.05, 3.63) is 0 Å². The molecule has 3 fully saturated rings. The maximum absolute atomic E-state index is 12.9. The Morgan fingerprint density at radius 1 is 0.750 bits per heavy atom. The first-order valence-corrected chi connectivity index (χ1v) is 11.8. The van der Waals surface area contributed by atoms with Gasteiger partial charge in [-0.25, -0.2) is 0 Å². The lowest BCUT2D eigenvalue weighted by molar-refractivity contribution is -0.139. The highest BCUT2D eigenvalue weighted by Crippen LogP contribution is 2.31. The molecule has 1 aliphatic carbocycles. The minimum absolute atomic E-state index is 0.161. The van der Waals surface area contributed by atoms with E-state index < -0.39 is 0 Å². The maximum atomic E-state index is 12.9. The number of rotatable bonds is 7. The van der Waals surface area contributed by atoms with Crippen LogP contribution in [-0.2, 0) is 9.59 Å². The average Bonchev–Trinajstić information content (AvgIpc) is 2.74. The summed E-state index contributed by atoms with van der Waals surface area (Å²) in [6.45, 7) is 13.1. The van der Waals surface area contributed by atoms with Gasteiger partial charge >= 0.3 is 0 Å². The third kappa shape index (κ3) is 6.03. The normalized spacial score (nSPS) is 28.4. The highest BCUT2D eigenvalue weighted by molar-refractivity contribution is 5.82. The Labute approximate surface area is 171 Å². The van der Waals surface area contributed by atoms with E-state index in [-0.39, 0.29) is 11.8 Å². The van der Waals surface area contributed by atoms with Crippen LogP contribution in [0.2, 0.25) is 0 Å². The molecule has 0 radical (unpaired) electrons. The number of amides is 1. The fourth-order valence-electron chi connectivity index (χ4n) is 5.20. The summed E-state index contributed by atoms with van der Waals surface area (Å²) >= 11 is 0. The van der Waals surface area contributed by atoms with E-state index in [2.05, 4.69) is 21.6 Å². The van der Waals surface area contributed by atoms with Gasteiger partial charge in [-0.15, -0.1) is 0 Å². The quantitative estimate of drug-likeness (QED) is 0.669. The number of carbonyl (C=O) groups excluding carboxylic acids is 2. The molecule has 2 aliphatic heterocycles. The van der Waals surface area contributed by atoms with Crippen molar-refractivity contribution in [1.82, 2.24) is 14.7 Å². The molecule has 0 spiro atoms. The Morgan fingerprint density at radius 3 is 1.86 bits per heavy atom. The topological polar surface area (TPSA) is 43.9 Å². The van der Waals surface area contributed by atoms with Crippen LogP contribution in [0.5, 0.6) is 0 Å². The summed E-state index contributed by atoms with van der Waals surface area (Å²) in [5, 5.41) is 0. The molecular formula is C23H41N3O2. The standard InChI is InChI=1S/C23H41N3O2/c1-3-22(27)20-5-7-21(8-6-20)23(28)26-17-15-25(16-18-26)12-4-11-24-13-9-19(2)10-14-24/h19-21H,3-18H2,1-2H3. The molecule has 5 heteroatoms. The third-order valence-electron chi connectivity index (χ3n) is 7.39. The van der Waals surface area contributed by atoms with Crippen molar-refractivity contribution in [2.24, 2.45) is 17.8 Å². The number of likely N-dealkylation sites (tertiary alicyclic amines) is 1. The van der Waals surface area contributed by atoms with Gasteiger partial charge in [0.25, 0.3) is 0 Å². The summed E-state index contributed by atoms with van der Waals surface area (Å²) in [6, 6.07) is 0. The SMILES string of the molecule is CCC(=O)C1CCC(C(=O)N2CCN(CCCN3CCC(C)CC3)CC2)CC1. The van der Waals surface area contributed by atoms with Crippen molar-refractivity contribution >= 4 is 11.7 Å². The van der Waals surface area contributed by atoms with Gasteiger partial charge in [0, 0.05) is 44.4 Å². The number of nitrogens with zero attached hydrogens (tertiary/aromatic N) is 3. The van der Waals surface area contributed by atoms with Gasteiger partial charge < -0.3 is 9.80 Å². The van der Waals surface area contributed by atoms with E-state index in [4.69, 9.17) is 0 Å². The molecule has 160 valence electrons. The van der Waals surface area contributed by atoms with Crippen LogP contribution in [0.3, 0.4) is 0 Å². The Morgan fingerprint density at radius 2 is 1.29 bits per heavy atom. The van der Waals surface area contributed by atoms with Gasteiger partial charge in [-0.3, -0.25) is 14.5 Å². The van der Waals surface area contributed by atoms with Crippen LogP contribution in [0.1, 0.15) is 65.2 Å². The molecule has 2 saturated heterocycles. The van der Waals surface area contributed by atoms with Gasteiger partial charge in [-0.05, 0) is 77.0 Å². The van der Waals surface area contributed by atoms with E-state index in [0.29, 0.717) is 18.1 Å². The Kier molecular flexibility index (Phi) is 8.34. The number of piperidine rings is 1. The number of Topliss-reactive ketones (excluding diaryl/α,β-unsaturated/α-hetero) is 1. The lowest BCUT2D eigenvalue weighted by atomic mass is 9.79. The first kappa shape index (κ1) is 21.8. The monoisotopic (exact) mass is 391 g/mol. The van der Waals surface area contributed by atoms with Crippen molar-refractivity contribution in [2.45, 2.75) is 65.2 Å². The second-order valence-electron chi connectivity index (χ2n) is 9.41. The van der Waals surface area contributed by atoms with Gasteiger partial charge in [-0.1, -0.05) is 13.8 Å². The van der Waals surface area contributed by atoms with Crippen LogP contribution in [0, 0.1) is 17.8 Å². The Balaban J connectivity index is 1.30. The Hall–Kier alpha value is -0.940. The van der Waals surface area contributed by atoms with E-state index in [1.54, 1.807) is 0 Å². The fraction of sp³-hybridized carbons (Fsp3) is 0.913. The summed E-state index contributed by atoms with van der Waals surface area (Å²) in [5.41, 5.74) is 0. The van der Waals surface area contributed by atoms with Gasteiger partial charge in [0.15, 0.2) is 0 Å². The van der Waals surface area contributed by atoms with Crippen molar-refractivity contribution in [1.29, 1.82) is 0 Å². The maximum Gasteiger partial charge on any atom is 0.225 e. The third-order valence-corrected chi connectivity index (χ3v) is 7.39. The number of carbonyl (C=O) groups is 2. The summed E-state index contributed by atoms with van der Waals surface area (Å²) in [4.78, 5) is 32.0. The largest absolute Gasteiger partial charge is 0.340 e. The second kappa shape index (κ2) is 10.7. The van der Waals surface area contributed by atoms with Gasteiger partial charge in [0.2, 0.25) is 5.91 Å². The first-order chi connectivity index (χ1) is 13.6. The molecule has 28 heavy (non-hydrogen) atoms. The molecule has 1 amide bonds. The van der Waals surface area contributed by atoms with Gasteiger partial charge in [0.05, 0.1) is 0 Å². The van der Waals surface area contributed by atoms with E-state index in [1.165, 1.54) is 45.4 Å². The van der Waals surface area contributed by atoms with Crippen LogP contribution in [0.4, 0.5) is 0 Å². The van der Waals surface area contributed by atoms with E-state index >= 15 is 0 Å². The number of hydrogen-bond donors (Lipinski definition) is 0. The molecule has 0 aromatic rings. The van der Waals surface area contributed by atoms with Crippen LogP contribution < -0.4 is 0 Å². The van der Waals surface area contributed by atoms with Crippen LogP contribution in [0.25, 0.3) is 0 Å². The highest BCUT2D eigenvalue weighted by Gasteiger charge is 2.32. The minimum Gasteiger partial charge on any atom is -0.340 e. The molecule has 5 nitrogen and oxygen atoms in total. The summed E-state index contributed by atoms with van der Waals surface area (Å²) in [6.07, 6.45) is 8.25. The first-order valence-electron chi connectivity index (χ1n) is 11.8. The molecular weight excluding hydrogens is 350 g/mol. The predicted octanol–water partition coefficient (Wildman–Crippen LogP) is 3.04. The van der Waals surface area contributed by atoms with Crippen molar-refractivity contribution in [3.8, 4) is 0 Å². The van der Waals surface area contributed by atoms with E-state index in [0.717, 1.165) is 57.8 Å². The molecule has 0 unspecified atom stereocenters. The summed E-state index contributed by atoms with van der Waals surface area (Å²) in [5.74, 6) is 2.02. The predicted molar refractivity (Wildman–Crippen MR) is 113 cm³/mol. The molecule has 0 bridgehead atoms. The highest BCUT2D eigenvalue weighted by atomic mass is 16.2. The summed E-state index contributed by atoms with van der Waals surface area (Å²) in [7, 11) is 0. The van der Waals surface area contributed by atoms with Crippen LogP contribution in [-0.4, -0.2) is 78.7 Å². The van der Waals surface area contributed by atoms with Crippen LogP contribution >= 0.6 is 0 Å². The van der Waals surface area contributed by atoms with E-state index in [9.17, 15) is 9.59 Å². The molecule has 3 aliphatic rings. The lowest BCUT2D eigenvalue weighted by Crippen LogP contribution is -2.51. The zero-order chi connectivity index (χ0) is 19.9. The smallest absolute Gasteiger partial charge is 0.225 e. The van der Waals surface area contributed by atoms with Gasteiger partial charge in [-0.2, -0.15) is 0 Å². The minimum atomic E-state index is 0.161. The molecule has 0 aromatic heterocycles. The molecule has 3 rings (SSSR count). The zero-order valence-corrected chi connectivity index (χ0v) is 18.2. The number of hydrogen-bond acceptors (Lipinski definition) is 4. The average molecular weight is 392 g/mol. The molecule has 2 heterocycles. The molecule has 0 aromatic carbocycles. The molecule has 0 atom stereocenters. The molecule has 0 N–H and O–H groups in total. The van der Waals surface area contributed by atoms with Crippen LogP contribution in [0.15, 0.2) is 0 Å². The summed E-state index contributed by atoms with van der Waals surface area (Å²) < 4.78 is 0. The second-order valence-corrected chi connectivity index (χ2v) is 9.41. The zero-order valence-electron chi connectivity index (χ0n) is 18.2. The van der Waals surface area contributed by atoms with Crippen molar-refractivity contribution < 1.29 is 9.59 Å².